The number of rotatable bonds is 3. The summed E-state index contributed by atoms with van der Waals surface area (Å²) in [5.74, 6) is -0.663. The van der Waals surface area contributed by atoms with Crippen LogP contribution in [0.5, 0.6) is 0 Å². The third-order valence-electron chi connectivity index (χ3n) is 2.14. The number of hydrogen-bond donors (Lipinski definition) is 2. The molecule has 1 aromatic heterocycles. The lowest BCUT2D eigenvalue weighted by atomic mass is 10.3. The summed E-state index contributed by atoms with van der Waals surface area (Å²) in [6.45, 7) is 1.46. The average Bonchev–Trinajstić information content (AvgIpc) is 2.56. The van der Waals surface area contributed by atoms with Crippen molar-refractivity contribution < 1.29 is 12.8 Å². The van der Waals surface area contributed by atoms with Gasteiger partial charge in [0.15, 0.2) is 4.21 Å². The fraction of sp³-hybridized carbons (Fsp3) is 0.100. The van der Waals surface area contributed by atoms with Crippen molar-refractivity contribution in [3.8, 4) is 0 Å². The van der Waals surface area contributed by atoms with Gasteiger partial charge in [0.1, 0.15) is 5.82 Å². The highest BCUT2D eigenvalue weighted by Crippen LogP contribution is 2.23. The van der Waals surface area contributed by atoms with Crippen molar-refractivity contribution in [2.45, 2.75) is 11.1 Å². The summed E-state index contributed by atoms with van der Waals surface area (Å²) >= 11 is 6.19. The lowest BCUT2D eigenvalue weighted by Gasteiger charge is -2.07. The van der Waals surface area contributed by atoms with Crippen molar-refractivity contribution in [2.24, 2.45) is 0 Å². The molecule has 0 bridgehead atoms. The molecule has 0 radical (unpaired) electrons. The highest BCUT2D eigenvalue weighted by atomic mass is 35.5. The van der Waals surface area contributed by atoms with Crippen molar-refractivity contribution in [3.05, 3.63) is 44.4 Å². The zero-order chi connectivity index (χ0) is 14.2. The van der Waals surface area contributed by atoms with Crippen molar-refractivity contribution >= 4 is 38.6 Å². The van der Waals surface area contributed by atoms with E-state index in [0.29, 0.717) is 11.3 Å². The molecule has 0 saturated heterocycles. The maximum absolute atomic E-state index is 13.1. The number of thiazole rings is 1. The summed E-state index contributed by atoms with van der Waals surface area (Å²) in [5, 5.41) is 0.0664. The summed E-state index contributed by atoms with van der Waals surface area (Å²) in [6, 6.07) is 3.32. The number of anilines is 1. The predicted molar refractivity (Wildman–Crippen MR) is 71.9 cm³/mol. The van der Waals surface area contributed by atoms with E-state index in [1.54, 1.807) is 0 Å². The quantitative estimate of drug-likeness (QED) is 0.910. The van der Waals surface area contributed by atoms with Crippen LogP contribution in [-0.4, -0.2) is 13.4 Å². The Morgan fingerprint density at radius 2 is 2.05 bits per heavy atom. The molecule has 0 unspecified atom stereocenters. The van der Waals surface area contributed by atoms with Gasteiger partial charge in [0.2, 0.25) is 0 Å². The minimum Gasteiger partial charge on any atom is -0.315 e. The number of aromatic amines is 1. The first-order valence-electron chi connectivity index (χ1n) is 4.96. The van der Waals surface area contributed by atoms with Gasteiger partial charge in [-0.1, -0.05) is 22.9 Å². The molecule has 0 saturated carbocycles. The van der Waals surface area contributed by atoms with Crippen LogP contribution in [0.3, 0.4) is 0 Å². The van der Waals surface area contributed by atoms with E-state index in [4.69, 9.17) is 11.6 Å². The molecule has 0 amide bonds. The Labute approximate surface area is 117 Å². The fourth-order valence-corrected chi connectivity index (χ4v) is 4.03. The van der Waals surface area contributed by atoms with Crippen LogP contribution < -0.4 is 9.60 Å². The van der Waals surface area contributed by atoms with E-state index in [0.717, 1.165) is 12.1 Å². The lowest BCUT2D eigenvalue weighted by molar-refractivity contribution is 0.602. The first-order chi connectivity index (χ1) is 8.78. The van der Waals surface area contributed by atoms with Gasteiger partial charge < -0.3 is 4.98 Å². The fourth-order valence-electron chi connectivity index (χ4n) is 1.46. The number of aryl methyl sites for hydroxylation is 1. The molecule has 102 valence electrons. The van der Waals surface area contributed by atoms with Gasteiger partial charge in [-0.25, -0.2) is 12.8 Å². The molecule has 0 aliphatic rings. The van der Waals surface area contributed by atoms with Crippen LogP contribution in [0.2, 0.25) is 5.02 Å². The Balaban J connectivity index is 2.42. The second kappa shape index (κ2) is 4.95. The van der Waals surface area contributed by atoms with Gasteiger partial charge >= 0.3 is 4.87 Å². The van der Waals surface area contributed by atoms with Gasteiger partial charge in [0.05, 0.1) is 5.69 Å². The van der Waals surface area contributed by atoms with Crippen molar-refractivity contribution in [2.75, 3.05) is 4.72 Å². The normalized spacial score (nSPS) is 11.5. The van der Waals surface area contributed by atoms with Gasteiger partial charge in [0, 0.05) is 10.7 Å². The third kappa shape index (κ3) is 3.14. The van der Waals surface area contributed by atoms with Crippen molar-refractivity contribution in [1.82, 2.24) is 4.98 Å². The van der Waals surface area contributed by atoms with Gasteiger partial charge in [0.25, 0.3) is 10.0 Å². The molecule has 0 fully saturated rings. The minimum absolute atomic E-state index is 0.00903. The van der Waals surface area contributed by atoms with Crippen LogP contribution in [0.25, 0.3) is 0 Å². The van der Waals surface area contributed by atoms with Crippen molar-refractivity contribution in [1.29, 1.82) is 0 Å². The molecule has 1 heterocycles. The molecular formula is C10H8ClFN2O3S2. The van der Waals surface area contributed by atoms with Gasteiger partial charge in [-0.15, -0.1) is 0 Å². The maximum atomic E-state index is 13.1. The summed E-state index contributed by atoms with van der Waals surface area (Å²) < 4.78 is 39.2. The standard InChI is InChI=1S/C10H8ClFN2O3S2/c1-5-9(18-10(15)13-5)19(16,17)14-8-3-6(11)2-7(12)4-8/h2-4,14H,1H3,(H,13,15). The van der Waals surface area contributed by atoms with Gasteiger partial charge in [-0.2, -0.15) is 0 Å². The molecule has 5 nitrogen and oxygen atoms in total. The summed E-state index contributed by atoms with van der Waals surface area (Å²) in [5.41, 5.74) is 0.218. The molecule has 0 atom stereocenters. The molecule has 2 aromatic rings. The molecule has 1 aromatic carbocycles. The first-order valence-corrected chi connectivity index (χ1v) is 7.64. The number of sulfonamides is 1. The highest BCUT2D eigenvalue weighted by Gasteiger charge is 2.21. The van der Waals surface area contributed by atoms with E-state index in [-0.39, 0.29) is 20.6 Å². The second-order valence-corrected chi connectivity index (χ2v) is 6.99. The van der Waals surface area contributed by atoms with E-state index in [1.165, 1.54) is 13.0 Å². The Kier molecular flexibility index (Phi) is 3.66. The lowest BCUT2D eigenvalue weighted by Crippen LogP contribution is -2.12. The number of benzene rings is 1. The number of halogens is 2. The van der Waals surface area contributed by atoms with Gasteiger partial charge in [-0.05, 0) is 25.1 Å². The Morgan fingerprint density at radius 3 is 2.58 bits per heavy atom. The SMILES string of the molecule is Cc1[nH]c(=O)sc1S(=O)(=O)Nc1cc(F)cc(Cl)c1. The molecule has 2 rings (SSSR count). The van der Waals surface area contributed by atoms with Crippen LogP contribution in [0.1, 0.15) is 5.69 Å². The Bertz CT molecular complexity index is 762. The summed E-state index contributed by atoms with van der Waals surface area (Å²) in [4.78, 5) is 13.0. The van der Waals surface area contributed by atoms with E-state index in [2.05, 4.69) is 9.71 Å². The number of hydrogen-bond acceptors (Lipinski definition) is 4. The van der Waals surface area contributed by atoms with Crippen LogP contribution >= 0.6 is 22.9 Å². The Hall–Kier alpha value is -1.38. The zero-order valence-corrected chi connectivity index (χ0v) is 11.9. The molecule has 0 aliphatic carbocycles. The number of nitrogens with one attached hydrogen (secondary N) is 2. The summed E-state index contributed by atoms with van der Waals surface area (Å²) in [6.07, 6.45) is 0. The average molecular weight is 323 g/mol. The molecule has 19 heavy (non-hydrogen) atoms. The van der Waals surface area contributed by atoms with Gasteiger partial charge in [-0.3, -0.25) is 9.52 Å². The molecule has 0 aliphatic heterocycles. The maximum Gasteiger partial charge on any atom is 0.306 e. The van der Waals surface area contributed by atoms with Crippen LogP contribution in [0, 0.1) is 12.7 Å². The molecule has 2 N–H and O–H groups in total. The van der Waals surface area contributed by atoms with E-state index >= 15 is 0 Å². The first kappa shape index (κ1) is 14.0. The highest BCUT2D eigenvalue weighted by molar-refractivity contribution is 7.94. The second-order valence-electron chi connectivity index (χ2n) is 3.69. The van der Waals surface area contributed by atoms with E-state index < -0.39 is 20.7 Å². The minimum atomic E-state index is -3.94. The monoisotopic (exact) mass is 322 g/mol. The van der Waals surface area contributed by atoms with Crippen LogP contribution in [0.4, 0.5) is 10.1 Å². The zero-order valence-electron chi connectivity index (χ0n) is 9.53. The molecular weight excluding hydrogens is 315 g/mol. The predicted octanol–water partition coefficient (Wildman–Crippen LogP) is 2.34. The number of H-pyrrole nitrogens is 1. The summed E-state index contributed by atoms with van der Waals surface area (Å²) in [7, 11) is -3.94. The molecule has 0 spiro atoms. The topological polar surface area (TPSA) is 79.0 Å². The van der Waals surface area contributed by atoms with Crippen LogP contribution in [-0.2, 0) is 10.0 Å². The van der Waals surface area contributed by atoms with E-state index in [1.807, 2.05) is 0 Å². The van der Waals surface area contributed by atoms with Crippen molar-refractivity contribution in [3.63, 3.8) is 0 Å². The smallest absolute Gasteiger partial charge is 0.306 e. The van der Waals surface area contributed by atoms with E-state index in [9.17, 15) is 17.6 Å². The largest absolute Gasteiger partial charge is 0.315 e. The number of aromatic nitrogens is 1. The molecule has 9 heteroatoms. The third-order valence-corrected chi connectivity index (χ3v) is 5.34. The van der Waals surface area contributed by atoms with Crippen LogP contribution in [0.15, 0.2) is 27.2 Å². The Morgan fingerprint density at radius 1 is 1.37 bits per heavy atom.